The van der Waals surface area contributed by atoms with E-state index in [-0.39, 0.29) is 30.0 Å². The highest BCUT2D eigenvalue weighted by Gasteiger charge is 2.32. The van der Waals surface area contributed by atoms with Crippen LogP contribution >= 0.6 is 0 Å². The SMILES string of the molecule is CCN(CC(=O)NCc1cccc(C)c1)C1CCS(=O)(=O)C1. The van der Waals surface area contributed by atoms with Crippen molar-refractivity contribution >= 4 is 15.7 Å². The van der Waals surface area contributed by atoms with Crippen LogP contribution in [0, 0.1) is 6.92 Å². The van der Waals surface area contributed by atoms with E-state index in [9.17, 15) is 13.2 Å². The zero-order chi connectivity index (χ0) is 16.2. The second-order valence-electron chi connectivity index (χ2n) is 5.89. The van der Waals surface area contributed by atoms with Crippen LogP contribution in [-0.4, -0.2) is 49.9 Å². The van der Waals surface area contributed by atoms with Gasteiger partial charge in [-0.3, -0.25) is 9.69 Å². The number of sulfone groups is 1. The van der Waals surface area contributed by atoms with Gasteiger partial charge in [0.05, 0.1) is 18.1 Å². The number of hydrogen-bond acceptors (Lipinski definition) is 4. The van der Waals surface area contributed by atoms with Gasteiger partial charge in [-0.25, -0.2) is 8.42 Å². The third kappa shape index (κ3) is 4.81. The Hall–Kier alpha value is -1.40. The van der Waals surface area contributed by atoms with E-state index >= 15 is 0 Å². The van der Waals surface area contributed by atoms with E-state index in [0.29, 0.717) is 19.5 Å². The van der Waals surface area contributed by atoms with Crippen molar-refractivity contribution in [3.05, 3.63) is 35.4 Å². The molecule has 1 heterocycles. The standard InChI is InChI=1S/C16H24N2O3S/c1-3-18(15-7-8-22(20,21)12-15)11-16(19)17-10-14-6-4-5-13(2)9-14/h4-6,9,15H,3,7-8,10-12H2,1-2H3,(H,17,19). The maximum Gasteiger partial charge on any atom is 0.234 e. The Balaban J connectivity index is 1.85. The van der Waals surface area contributed by atoms with E-state index in [1.807, 2.05) is 43.0 Å². The summed E-state index contributed by atoms with van der Waals surface area (Å²) in [6, 6.07) is 7.98. The van der Waals surface area contributed by atoms with Gasteiger partial charge >= 0.3 is 0 Å². The van der Waals surface area contributed by atoms with E-state index in [1.54, 1.807) is 0 Å². The highest BCUT2D eigenvalue weighted by molar-refractivity contribution is 7.91. The maximum absolute atomic E-state index is 12.1. The number of rotatable bonds is 6. The topological polar surface area (TPSA) is 66.5 Å². The van der Waals surface area contributed by atoms with Gasteiger partial charge in [-0.15, -0.1) is 0 Å². The first-order valence-corrected chi connectivity index (χ1v) is 9.48. The number of nitrogens with one attached hydrogen (secondary N) is 1. The van der Waals surface area contributed by atoms with Gasteiger partial charge in [-0.05, 0) is 25.5 Å². The van der Waals surface area contributed by atoms with Gasteiger partial charge in [0.15, 0.2) is 9.84 Å². The van der Waals surface area contributed by atoms with E-state index in [1.165, 1.54) is 0 Å². The molecule has 1 amide bonds. The quantitative estimate of drug-likeness (QED) is 0.851. The van der Waals surface area contributed by atoms with E-state index in [2.05, 4.69) is 5.32 Å². The largest absolute Gasteiger partial charge is 0.351 e. The van der Waals surface area contributed by atoms with Gasteiger partial charge in [0.1, 0.15) is 0 Å². The fraction of sp³-hybridized carbons (Fsp3) is 0.562. The molecule has 122 valence electrons. The zero-order valence-electron chi connectivity index (χ0n) is 13.2. The van der Waals surface area contributed by atoms with Gasteiger partial charge in [0.25, 0.3) is 0 Å². The number of likely N-dealkylation sites (N-methyl/N-ethyl adjacent to an activating group) is 1. The second-order valence-corrected chi connectivity index (χ2v) is 8.11. The number of aryl methyl sites for hydroxylation is 1. The van der Waals surface area contributed by atoms with Crippen molar-refractivity contribution in [2.45, 2.75) is 32.9 Å². The van der Waals surface area contributed by atoms with Gasteiger partial charge in [-0.1, -0.05) is 36.8 Å². The Bertz CT molecular complexity index is 628. The monoisotopic (exact) mass is 324 g/mol. The number of carbonyl (C=O) groups excluding carboxylic acids is 1. The predicted molar refractivity (Wildman–Crippen MR) is 87.3 cm³/mol. The maximum atomic E-state index is 12.1. The molecule has 1 aromatic carbocycles. The summed E-state index contributed by atoms with van der Waals surface area (Å²) in [5.41, 5.74) is 2.23. The van der Waals surface area contributed by atoms with Crippen LogP contribution in [0.15, 0.2) is 24.3 Å². The van der Waals surface area contributed by atoms with Crippen LogP contribution < -0.4 is 5.32 Å². The third-order valence-electron chi connectivity index (χ3n) is 4.05. The molecule has 1 saturated heterocycles. The summed E-state index contributed by atoms with van der Waals surface area (Å²) < 4.78 is 23.1. The van der Waals surface area contributed by atoms with Crippen LogP contribution in [0.4, 0.5) is 0 Å². The molecule has 0 saturated carbocycles. The Morgan fingerprint density at radius 3 is 2.77 bits per heavy atom. The molecule has 6 heteroatoms. The number of amides is 1. The molecule has 1 N–H and O–H groups in total. The first kappa shape index (κ1) is 17.0. The van der Waals surface area contributed by atoms with Crippen molar-refractivity contribution in [3.8, 4) is 0 Å². The molecule has 1 unspecified atom stereocenters. The van der Waals surface area contributed by atoms with Crippen molar-refractivity contribution in [1.82, 2.24) is 10.2 Å². The summed E-state index contributed by atoms with van der Waals surface area (Å²) in [5.74, 6) is 0.345. The number of hydrogen-bond donors (Lipinski definition) is 1. The zero-order valence-corrected chi connectivity index (χ0v) is 14.0. The minimum atomic E-state index is -2.92. The lowest BCUT2D eigenvalue weighted by Gasteiger charge is -2.25. The molecule has 0 bridgehead atoms. The van der Waals surface area contributed by atoms with Crippen molar-refractivity contribution < 1.29 is 13.2 Å². The lowest BCUT2D eigenvalue weighted by molar-refractivity contribution is -0.122. The molecule has 1 aliphatic rings. The van der Waals surface area contributed by atoms with Crippen LogP contribution in [0.25, 0.3) is 0 Å². The molecule has 22 heavy (non-hydrogen) atoms. The van der Waals surface area contributed by atoms with Gasteiger partial charge < -0.3 is 5.32 Å². The van der Waals surface area contributed by atoms with Crippen molar-refractivity contribution in [3.63, 3.8) is 0 Å². The second kappa shape index (κ2) is 7.24. The minimum Gasteiger partial charge on any atom is -0.351 e. The predicted octanol–water partition coefficient (Wildman–Crippen LogP) is 1.12. The minimum absolute atomic E-state index is 0.0280. The lowest BCUT2D eigenvalue weighted by atomic mass is 10.1. The van der Waals surface area contributed by atoms with Crippen LogP contribution in [0.2, 0.25) is 0 Å². The third-order valence-corrected chi connectivity index (χ3v) is 5.80. The molecule has 1 aliphatic heterocycles. The lowest BCUT2D eigenvalue weighted by Crippen LogP contribution is -2.43. The summed E-state index contributed by atoms with van der Waals surface area (Å²) in [5, 5.41) is 2.91. The Labute approximate surface area is 132 Å². The Morgan fingerprint density at radius 1 is 1.41 bits per heavy atom. The summed E-state index contributed by atoms with van der Waals surface area (Å²) in [6.45, 7) is 5.41. The molecule has 0 spiro atoms. The number of carbonyl (C=O) groups is 1. The van der Waals surface area contributed by atoms with Crippen molar-refractivity contribution in [1.29, 1.82) is 0 Å². The van der Waals surface area contributed by atoms with Crippen LogP contribution in [0.5, 0.6) is 0 Å². The van der Waals surface area contributed by atoms with Crippen molar-refractivity contribution in [2.75, 3.05) is 24.6 Å². The normalized spacial score (nSPS) is 20.2. The van der Waals surface area contributed by atoms with Crippen molar-refractivity contribution in [2.24, 2.45) is 0 Å². The molecule has 5 nitrogen and oxygen atoms in total. The average molecular weight is 324 g/mol. The highest BCUT2D eigenvalue weighted by Crippen LogP contribution is 2.17. The smallest absolute Gasteiger partial charge is 0.234 e. The van der Waals surface area contributed by atoms with Crippen LogP contribution in [-0.2, 0) is 21.2 Å². The fourth-order valence-electron chi connectivity index (χ4n) is 2.83. The van der Waals surface area contributed by atoms with Gasteiger partial charge in [-0.2, -0.15) is 0 Å². The summed E-state index contributed by atoms with van der Waals surface area (Å²) in [6.07, 6.45) is 0.626. The Morgan fingerprint density at radius 2 is 2.18 bits per heavy atom. The first-order chi connectivity index (χ1) is 10.4. The molecule has 0 aliphatic carbocycles. The summed E-state index contributed by atoms with van der Waals surface area (Å²) >= 11 is 0. The molecular formula is C16H24N2O3S. The van der Waals surface area contributed by atoms with Gasteiger partial charge in [0, 0.05) is 12.6 Å². The van der Waals surface area contributed by atoms with E-state index in [0.717, 1.165) is 11.1 Å². The van der Waals surface area contributed by atoms with Gasteiger partial charge in [0.2, 0.25) is 5.91 Å². The molecule has 0 aromatic heterocycles. The van der Waals surface area contributed by atoms with Crippen LogP contribution in [0.3, 0.4) is 0 Å². The Kier molecular flexibility index (Phi) is 5.58. The molecule has 2 rings (SSSR count). The van der Waals surface area contributed by atoms with Crippen LogP contribution in [0.1, 0.15) is 24.5 Å². The summed E-state index contributed by atoms with van der Waals surface area (Å²) in [4.78, 5) is 14.0. The van der Waals surface area contributed by atoms with E-state index < -0.39 is 9.84 Å². The number of benzene rings is 1. The fourth-order valence-corrected chi connectivity index (χ4v) is 4.59. The summed E-state index contributed by atoms with van der Waals surface area (Å²) in [7, 11) is -2.92. The molecular weight excluding hydrogens is 300 g/mol. The molecule has 1 atom stereocenters. The molecule has 0 radical (unpaired) electrons. The molecule has 1 aromatic rings. The first-order valence-electron chi connectivity index (χ1n) is 7.66. The average Bonchev–Trinajstić information content (AvgIpc) is 2.83. The highest BCUT2D eigenvalue weighted by atomic mass is 32.2. The molecule has 1 fully saturated rings. The van der Waals surface area contributed by atoms with E-state index in [4.69, 9.17) is 0 Å². The number of nitrogens with zero attached hydrogens (tertiary/aromatic N) is 1.